The van der Waals surface area contributed by atoms with Crippen LogP contribution in [0.2, 0.25) is 0 Å². The number of nitrogens with zero attached hydrogens (tertiary/aromatic N) is 4. The van der Waals surface area contributed by atoms with Crippen LogP contribution in [0.15, 0.2) is 50.8 Å². The number of fused-ring (bicyclic) bond motifs is 1. The maximum atomic E-state index is 13.4. The molecule has 1 amide bonds. The van der Waals surface area contributed by atoms with E-state index >= 15 is 0 Å². The van der Waals surface area contributed by atoms with E-state index in [1.165, 1.54) is 18.0 Å². The third-order valence-electron chi connectivity index (χ3n) is 6.13. The summed E-state index contributed by atoms with van der Waals surface area (Å²) in [5.41, 5.74) is 0.929. The van der Waals surface area contributed by atoms with Crippen LogP contribution in [0.3, 0.4) is 0 Å². The Morgan fingerprint density at radius 1 is 1.28 bits per heavy atom. The molecule has 0 bridgehead atoms. The summed E-state index contributed by atoms with van der Waals surface area (Å²) >= 11 is 3.43. The molecule has 2 aromatic carbocycles. The SMILES string of the molecule is CC[C@H](C)c1nc2ccc(Br)cc2c(=O)n1N=Cc1cccc(OC)c1OCC(=O)N1CCOCC1. The average Bonchev–Trinajstić information content (AvgIpc) is 2.91. The molecule has 0 spiro atoms. The van der Waals surface area contributed by atoms with E-state index in [9.17, 15) is 9.59 Å². The Balaban J connectivity index is 1.70. The molecule has 3 aromatic rings. The third-order valence-corrected chi connectivity index (χ3v) is 6.63. The fraction of sp³-hybridized carbons (Fsp3) is 0.385. The summed E-state index contributed by atoms with van der Waals surface area (Å²) in [4.78, 5) is 32.5. The Morgan fingerprint density at radius 3 is 2.78 bits per heavy atom. The van der Waals surface area contributed by atoms with Crippen LogP contribution in [0.4, 0.5) is 0 Å². The first-order valence-corrected chi connectivity index (χ1v) is 12.6. The normalized spacial score (nSPS) is 14.8. The highest BCUT2D eigenvalue weighted by molar-refractivity contribution is 9.10. The van der Waals surface area contributed by atoms with Crippen LogP contribution in [-0.2, 0) is 9.53 Å². The van der Waals surface area contributed by atoms with Crippen LogP contribution in [0, 0.1) is 0 Å². The van der Waals surface area contributed by atoms with Crippen molar-refractivity contribution in [3.05, 3.63) is 62.6 Å². The predicted molar refractivity (Wildman–Crippen MR) is 141 cm³/mol. The van der Waals surface area contributed by atoms with Crippen molar-refractivity contribution in [2.24, 2.45) is 5.10 Å². The minimum atomic E-state index is -0.263. The molecular weight excluding hydrogens is 528 g/mol. The smallest absolute Gasteiger partial charge is 0.282 e. The van der Waals surface area contributed by atoms with Gasteiger partial charge >= 0.3 is 0 Å². The van der Waals surface area contributed by atoms with E-state index in [2.05, 4.69) is 21.0 Å². The number of benzene rings is 2. The Morgan fingerprint density at radius 2 is 2.06 bits per heavy atom. The molecule has 190 valence electrons. The van der Waals surface area contributed by atoms with Gasteiger partial charge in [-0.3, -0.25) is 9.59 Å². The molecule has 1 atom stereocenters. The molecule has 0 N–H and O–H groups in total. The lowest BCUT2D eigenvalue weighted by Gasteiger charge is -2.27. The van der Waals surface area contributed by atoms with Gasteiger partial charge in [0.2, 0.25) is 0 Å². The van der Waals surface area contributed by atoms with Gasteiger partial charge in [-0.1, -0.05) is 35.8 Å². The van der Waals surface area contributed by atoms with Gasteiger partial charge in [0.1, 0.15) is 5.82 Å². The molecule has 36 heavy (non-hydrogen) atoms. The number of para-hydroxylation sites is 1. The Labute approximate surface area is 217 Å². The number of carbonyl (C=O) groups is 1. The van der Waals surface area contributed by atoms with E-state index < -0.39 is 0 Å². The number of carbonyl (C=O) groups excluding carboxylic acids is 1. The van der Waals surface area contributed by atoms with Crippen LogP contribution in [0.5, 0.6) is 11.5 Å². The fourth-order valence-electron chi connectivity index (χ4n) is 3.89. The first kappa shape index (κ1) is 25.8. The summed E-state index contributed by atoms with van der Waals surface area (Å²) in [6.45, 7) is 6.00. The van der Waals surface area contributed by atoms with Crippen molar-refractivity contribution in [3.63, 3.8) is 0 Å². The molecule has 10 heteroatoms. The van der Waals surface area contributed by atoms with Gasteiger partial charge in [-0.05, 0) is 36.8 Å². The summed E-state index contributed by atoms with van der Waals surface area (Å²) in [5, 5.41) is 5.00. The van der Waals surface area contributed by atoms with Crippen molar-refractivity contribution in [2.75, 3.05) is 40.0 Å². The lowest BCUT2D eigenvalue weighted by Crippen LogP contribution is -2.43. The maximum absolute atomic E-state index is 13.4. The topological polar surface area (TPSA) is 95.2 Å². The van der Waals surface area contributed by atoms with Crippen LogP contribution in [0.1, 0.15) is 37.6 Å². The van der Waals surface area contributed by atoms with E-state index in [0.717, 1.165) is 10.9 Å². The molecule has 2 heterocycles. The lowest BCUT2D eigenvalue weighted by molar-refractivity contribution is -0.137. The fourth-order valence-corrected chi connectivity index (χ4v) is 4.25. The highest BCUT2D eigenvalue weighted by Crippen LogP contribution is 2.30. The number of morpholine rings is 1. The van der Waals surface area contributed by atoms with Gasteiger partial charge in [0.25, 0.3) is 11.5 Å². The number of rotatable bonds is 8. The van der Waals surface area contributed by atoms with Gasteiger partial charge in [-0.2, -0.15) is 9.78 Å². The van der Waals surface area contributed by atoms with E-state index in [4.69, 9.17) is 19.2 Å². The molecule has 0 unspecified atom stereocenters. The van der Waals surface area contributed by atoms with Crippen molar-refractivity contribution in [1.29, 1.82) is 0 Å². The lowest BCUT2D eigenvalue weighted by atomic mass is 10.1. The van der Waals surface area contributed by atoms with E-state index in [-0.39, 0.29) is 24.0 Å². The molecule has 1 saturated heterocycles. The van der Waals surface area contributed by atoms with Crippen LogP contribution in [-0.4, -0.2) is 66.7 Å². The second kappa shape index (κ2) is 11.7. The first-order chi connectivity index (χ1) is 17.4. The number of ether oxygens (including phenoxy) is 3. The van der Waals surface area contributed by atoms with E-state index in [1.54, 1.807) is 29.2 Å². The number of amides is 1. The van der Waals surface area contributed by atoms with Crippen LogP contribution < -0.4 is 15.0 Å². The number of halogens is 1. The summed E-state index contributed by atoms with van der Waals surface area (Å²) in [6.07, 6.45) is 2.33. The molecule has 9 nitrogen and oxygen atoms in total. The van der Waals surface area contributed by atoms with Crippen LogP contribution in [0.25, 0.3) is 10.9 Å². The second-order valence-electron chi connectivity index (χ2n) is 8.46. The Hall–Kier alpha value is -3.24. The number of hydrogen-bond acceptors (Lipinski definition) is 7. The molecule has 0 saturated carbocycles. The molecule has 1 aliphatic heterocycles. The highest BCUT2D eigenvalue weighted by Gasteiger charge is 2.20. The number of methoxy groups -OCH3 is 1. The van der Waals surface area contributed by atoms with E-state index in [0.29, 0.717) is 60.1 Å². The standard InChI is InChI=1S/C26H29BrN4O5/c1-4-17(2)25-29-21-9-8-19(27)14-20(21)26(33)31(25)28-15-18-6-5-7-22(34-3)24(18)36-16-23(32)30-10-12-35-13-11-30/h5-9,14-15,17H,4,10-13,16H2,1-3H3/t17-/m0/s1. The Kier molecular flexibility index (Phi) is 8.37. The third kappa shape index (κ3) is 5.60. The molecular formula is C26H29BrN4O5. The molecule has 0 aliphatic carbocycles. The van der Waals surface area contributed by atoms with Gasteiger partial charge in [0.15, 0.2) is 18.1 Å². The molecule has 4 rings (SSSR count). The zero-order valence-corrected chi connectivity index (χ0v) is 22.2. The minimum absolute atomic E-state index is 0.00932. The molecule has 1 fully saturated rings. The zero-order chi connectivity index (χ0) is 25.7. The van der Waals surface area contributed by atoms with Gasteiger partial charge < -0.3 is 19.1 Å². The van der Waals surface area contributed by atoms with Crippen molar-refractivity contribution >= 4 is 39.0 Å². The summed E-state index contributed by atoms with van der Waals surface area (Å²) in [7, 11) is 1.53. The summed E-state index contributed by atoms with van der Waals surface area (Å²) < 4.78 is 18.8. The second-order valence-corrected chi connectivity index (χ2v) is 9.38. The monoisotopic (exact) mass is 556 g/mol. The van der Waals surface area contributed by atoms with Crippen molar-refractivity contribution in [2.45, 2.75) is 26.2 Å². The number of aromatic nitrogens is 2. The molecule has 1 aromatic heterocycles. The highest BCUT2D eigenvalue weighted by atomic mass is 79.9. The average molecular weight is 557 g/mol. The van der Waals surface area contributed by atoms with Crippen molar-refractivity contribution < 1.29 is 19.0 Å². The summed E-state index contributed by atoms with van der Waals surface area (Å²) in [5.74, 6) is 1.28. The largest absolute Gasteiger partial charge is 0.493 e. The predicted octanol–water partition coefficient (Wildman–Crippen LogP) is 3.80. The summed E-state index contributed by atoms with van der Waals surface area (Å²) in [6, 6.07) is 10.8. The minimum Gasteiger partial charge on any atom is -0.493 e. The quantitative estimate of drug-likeness (QED) is 0.391. The van der Waals surface area contributed by atoms with Crippen molar-refractivity contribution in [3.8, 4) is 11.5 Å². The van der Waals surface area contributed by atoms with E-state index in [1.807, 2.05) is 26.0 Å². The maximum Gasteiger partial charge on any atom is 0.282 e. The Bertz CT molecular complexity index is 1330. The molecule has 0 radical (unpaired) electrons. The van der Waals surface area contributed by atoms with Gasteiger partial charge in [-0.25, -0.2) is 4.98 Å². The first-order valence-electron chi connectivity index (χ1n) is 11.8. The molecule has 1 aliphatic rings. The zero-order valence-electron chi connectivity index (χ0n) is 20.6. The van der Waals surface area contributed by atoms with Gasteiger partial charge in [-0.15, -0.1) is 0 Å². The number of hydrogen-bond donors (Lipinski definition) is 0. The van der Waals surface area contributed by atoms with Gasteiger partial charge in [0, 0.05) is 29.0 Å². The van der Waals surface area contributed by atoms with Crippen LogP contribution >= 0.6 is 15.9 Å². The van der Waals surface area contributed by atoms with Gasteiger partial charge in [0.05, 0.1) is 37.4 Å². The van der Waals surface area contributed by atoms with Crippen molar-refractivity contribution in [1.82, 2.24) is 14.6 Å².